The van der Waals surface area contributed by atoms with Crippen molar-refractivity contribution in [2.45, 2.75) is 44.7 Å². The molecular formula is C20H20N4O. The molecule has 5 nitrogen and oxygen atoms in total. The second-order valence-electron chi connectivity index (χ2n) is 6.83. The van der Waals surface area contributed by atoms with Crippen molar-refractivity contribution in [2.75, 3.05) is 5.32 Å². The third-order valence-electron chi connectivity index (χ3n) is 5.25. The van der Waals surface area contributed by atoms with Crippen molar-refractivity contribution >= 4 is 17.5 Å². The first-order chi connectivity index (χ1) is 12.2. The van der Waals surface area contributed by atoms with Crippen LogP contribution in [0.2, 0.25) is 0 Å². The summed E-state index contributed by atoms with van der Waals surface area (Å²) in [4.78, 5) is 22.4. The summed E-state index contributed by atoms with van der Waals surface area (Å²) in [5.41, 5.74) is 3.52. The molecule has 1 aromatic heterocycles. The van der Waals surface area contributed by atoms with Gasteiger partial charge in [-0.2, -0.15) is 0 Å². The predicted octanol–water partition coefficient (Wildman–Crippen LogP) is 4.77. The molecule has 2 aromatic rings. The lowest BCUT2D eigenvalue weighted by Gasteiger charge is -2.52. The average Bonchev–Trinajstić information content (AvgIpc) is 2.64. The van der Waals surface area contributed by atoms with Crippen molar-refractivity contribution in [2.24, 2.45) is 0 Å². The van der Waals surface area contributed by atoms with Crippen LogP contribution in [-0.2, 0) is 0 Å². The molecule has 2 fully saturated rings. The molecule has 1 N–H and O–H groups in total. The highest BCUT2D eigenvalue weighted by atomic mass is 16.2. The molecule has 5 heteroatoms. The summed E-state index contributed by atoms with van der Waals surface area (Å²) in [7, 11) is 0. The van der Waals surface area contributed by atoms with Crippen molar-refractivity contribution in [1.29, 1.82) is 0 Å². The number of fused-ring (bicyclic) bond motifs is 2. The monoisotopic (exact) mass is 332 g/mol. The van der Waals surface area contributed by atoms with E-state index >= 15 is 0 Å². The minimum Gasteiger partial charge on any atom is -0.361 e. The Morgan fingerprint density at radius 3 is 2.80 bits per heavy atom. The van der Waals surface area contributed by atoms with Crippen LogP contribution in [0, 0.1) is 13.5 Å². The van der Waals surface area contributed by atoms with Crippen LogP contribution in [0.25, 0.3) is 16.1 Å². The van der Waals surface area contributed by atoms with E-state index in [1.165, 1.54) is 6.42 Å². The van der Waals surface area contributed by atoms with Crippen LogP contribution >= 0.6 is 0 Å². The smallest absolute Gasteiger partial charge is 0.322 e. The first-order valence-corrected chi connectivity index (χ1v) is 8.70. The summed E-state index contributed by atoms with van der Waals surface area (Å²) in [6.07, 6.45) is 4.63. The molecule has 1 aromatic carbocycles. The summed E-state index contributed by atoms with van der Waals surface area (Å²) in [5, 5.41) is 3.04. The van der Waals surface area contributed by atoms with Crippen molar-refractivity contribution in [3.05, 3.63) is 53.4 Å². The number of aromatic nitrogens is 1. The number of anilines is 1. The molecule has 126 valence electrons. The summed E-state index contributed by atoms with van der Waals surface area (Å²) in [6, 6.07) is 12.1. The zero-order valence-electron chi connectivity index (χ0n) is 14.2. The van der Waals surface area contributed by atoms with E-state index in [0.29, 0.717) is 17.9 Å². The molecular weight excluding hydrogens is 312 g/mol. The molecule has 2 atom stereocenters. The molecule has 3 heterocycles. The SMILES string of the molecule is [C-]#[N+]c1cccc(-c2cc(NC(=O)N3C4CCCC3C4)ccc2C)n1. The van der Waals surface area contributed by atoms with Gasteiger partial charge >= 0.3 is 6.03 Å². The van der Waals surface area contributed by atoms with Crippen LogP contribution in [0.15, 0.2) is 36.4 Å². The van der Waals surface area contributed by atoms with Crippen molar-refractivity contribution in [3.63, 3.8) is 0 Å². The Bertz CT molecular complexity index is 856. The van der Waals surface area contributed by atoms with Gasteiger partial charge in [0.1, 0.15) is 0 Å². The molecule has 0 radical (unpaired) electrons. The number of amides is 2. The van der Waals surface area contributed by atoms with Crippen LogP contribution < -0.4 is 5.32 Å². The number of pyridine rings is 1. The van der Waals surface area contributed by atoms with Crippen LogP contribution in [0.3, 0.4) is 0 Å². The molecule has 2 aliphatic rings. The molecule has 2 unspecified atom stereocenters. The number of rotatable bonds is 2. The molecule has 2 aliphatic heterocycles. The molecule has 0 spiro atoms. The lowest BCUT2D eigenvalue weighted by atomic mass is 9.80. The van der Waals surface area contributed by atoms with E-state index in [-0.39, 0.29) is 6.03 Å². The number of hydrogen-bond donors (Lipinski definition) is 1. The lowest BCUT2D eigenvalue weighted by molar-refractivity contribution is 0.0173. The predicted molar refractivity (Wildman–Crippen MR) is 97.6 cm³/mol. The topological polar surface area (TPSA) is 49.6 Å². The first-order valence-electron chi connectivity index (χ1n) is 8.70. The van der Waals surface area contributed by atoms with Gasteiger partial charge in [0.05, 0.1) is 0 Å². The number of nitrogens with zero attached hydrogens (tertiary/aromatic N) is 3. The largest absolute Gasteiger partial charge is 0.361 e. The Morgan fingerprint density at radius 2 is 2.08 bits per heavy atom. The number of piperidine rings is 1. The second-order valence-corrected chi connectivity index (χ2v) is 6.83. The minimum atomic E-state index is -0.00128. The highest BCUT2D eigenvalue weighted by Crippen LogP contribution is 2.38. The quantitative estimate of drug-likeness (QED) is 0.806. The normalized spacial score (nSPS) is 21.2. The van der Waals surface area contributed by atoms with Crippen molar-refractivity contribution in [3.8, 4) is 11.3 Å². The number of hydrogen-bond acceptors (Lipinski definition) is 2. The van der Waals surface area contributed by atoms with Gasteiger partial charge in [-0.1, -0.05) is 18.7 Å². The number of urea groups is 1. The maximum Gasteiger partial charge on any atom is 0.322 e. The van der Waals surface area contributed by atoms with E-state index in [0.717, 1.165) is 41.8 Å². The zero-order chi connectivity index (χ0) is 17.4. The van der Waals surface area contributed by atoms with Gasteiger partial charge in [0.2, 0.25) is 0 Å². The lowest BCUT2D eigenvalue weighted by Crippen LogP contribution is -2.62. The average molecular weight is 332 g/mol. The number of benzene rings is 1. The van der Waals surface area contributed by atoms with E-state index in [2.05, 4.69) is 15.1 Å². The van der Waals surface area contributed by atoms with Gasteiger partial charge in [-0.15, -0.1) is 4.98 Å². The molecule has 2 bridgehead atoms. The molecule has 4 rings (SSSR count). The van der Waals surface area contributed by atoms with E-state index in [4.69, 9.17) is 6.57 Å². The molecule has 0 aliphatic carbocycles. The highest BCUT2D eigenvalue weighted by molar-refractivity contribution is 5.91. The Hall–Kier alpha value is -2.87. The first kappa shape index (κ1) is 15.6. The second kappa shape index (κ2) is 6.21. The third kappa shape index (κ3) is 2.85. The maximum absolute atomic E-state index is 12.6. The Labute approximate surface area is 147 Å². The Morgan fingerprint density at radius 1 is 1.28 bits per heavy atom. The van der Waals surface area contributed by atoms with Crippen LogP contribution in [0.5, 0.6) is 0 Å². The fourth-order valence-electron chi connectivity index (χ4n) is 3.94. The molecule has 2 saturated heterocycles. The molecule has 25 heavy (non-hydrogen) atoms. The standard InChI is InChI=1S/C20H20N4O/c1-13-9-10-14(11-17(13)18-7-4-8-19(21-2)23-18)22-20(25)24-15-5-3-6-16(24)12-15/h4,7-11,15-16H,3,5-6,12H2,1H3,(H,22,25). The van der Waals surface area contributed by atoms with Gasteiger partial charge in [0.15, 0.2) is 5.69 Å². The van der Waals surface area contributed by atoms with Gasteiger partial charge in [0.25, 0.3) is 5.82 Å². The number of carbonyl (C=O) groups excluding carboxylic acids is 1. The van der Waals surface area contributed by atoms with Gasteiger partial charge < -0.3 is 15.1 Å². The summed E-state index contributed by atoms with van der Waals surface area (Å²) < 4.78 is 0. The maximum atomic E-state index is 12.6. The Balaban J connectivity index is 1.57. The fourth-order valence-corrected chi connectivity index (χ4v) is 3.94. The van der Waals surface area contributed by atoms with E-state index in [9.17, 15) is 4.79 Å². The van der Waals surface area contributed by atoms with Crippen LogP contribution in [-0.4, -0.2) is 28.0 Å². The third-order valence-corrected chi connectivity index (χ3v) is 5.25. The summed E-state index contributed by atoms with van der Waals surface area (Å²) in [5.74, 6) is 0.375. The van der Waals surface area contributed by atoms with E-state index in [1.807, 2.05) is 42.2 Å². The van der Waals surface area contributed by atoms with Crippen LogP contribution in [0.4, 0.5) is 16.3 Å². The zero-order valence-corrected chi connectivity index (χ0v) is 14.2. The number of carbonyl (C=O) groups is 1. The minimum absolute atomic E-state index is 0.00128. The van der Waals surface area contributed by atoms with Crippen LogP contribution in [0.1, 0.15) is 31.2 Å². The van der Waals surface area contributed by atoms with Gasteiger partial charge in [-0.05, 0) is 62.4 Å². The van der Waals surface area contributed by atoms with E-state index < -0.39 is 0 Å². The highest BCUT2D eigenvalue weighted by Gasteiger charge is 2.44. The van der Waals surface area contributed by atoms with E-state index in [1.54, 1.807) is 6.07 Å². The molecule has 0 saturated carbocycles. The summed E-state index contributed by atoms with van der Waals surface area (Å²) in [6.45, 7) is 9.13. The van der Waals surface area contributed by atoms with Gasteiger partial charge in [0, 0.05) is 23.3 Å². The van der Waals surface area contributed by atoms with Crippen molar-refractivity contribution < 1.29 is 4.79 Å². The molecule has 2 amide bonds. The Kier molecular flexibility index (Phi) is 3.89. The summed E-state index contributed by atoms with van der Waals surface area (Å²) >= 11 is 0. The van der Waals surface area contributed by atoms with Crippen molar-refractivity contribution in [1.82, 2.24) is 9.88 Å². The number of nitrogens with one attached hydrogen (secondary N) is 1. The van der Waals surface area contributed by atoms with Gasteiger partial charge in [-0.3, -0.25) is 0 Å². The fraction of sp³-hybridized carbons (Fsp3) is 0.350. The van der Waals surface area contributed by atoms with Gasteiger partial charge in [-0.25, -0.2) is 4.79 Å². The number of aryl methyl sites for hydroxylation is 1.